The monoisotopic (exact) mass is 460 g/mol. The fraction of sp³-hybridized carbons (Fsp3) is 0.565. The summed E-state index contributed by atoms with van der Waals surface area (Å²) in [4.78, 5) is 29.7. The van der Waals surface area contributed by atoms with E-state index in [0.29, 0.717) is 11.4 Å². The lowest BCUT2D eigenvalue weighted by Gasteiger charge is -2.44. The molecule has 3 rings (SSSR count). The Bertz CT molecular complexity index is 1010. The van der Waals surface area contributed by atoms with Crippen LogP contribution in [0.4, 0.5) is 4.79 Å². The molecule has 2 atom stereocenters. The summed E-state index contributed by atoms with van der Waals surface area (Å²) in [7, 11) is 1.79. The maximum atomic E-state index is 12.7. The minimum atomic E-state index is -0.656. The number of amides is 1. The minimum absolute atomic E-state index is 0.270. The number of carbonyl (C=O) groups is 2. The molecule has 0 spiro atoms. The number of imidazole rings is 1. The maximum Gasteiger partial charge on any atom is 0.408 e. The van der Waals surface area contributed by atoms with Gasteiger partial charge >= 0.3 is 12.1 Å². The van der Waals surface area contributed by atoms with E-state index in [0.717, 1.165) is 36.2 Å². The number of nitrogens with zero attached hydrogens (tertiary/aromatic N) is 2. The third-order valence-corrected chi connectivity index (χ3v) is 6.17. The molecule has 174 valence electrons. The van der Waals surface area contributed by atoms with Crippen molar-refractivity contribution in [1.82, 2.24) is 20.0 Å². The molecular formula is C23H32N4O4S. The molecule has 2 heterocycles. The van der Waals surface area contributed by atoms with Crippen LogP contribution < -0.4 is 10.6 Å². The molecule has 0 aliphatic heterocycles. The second-order valence-corrected chi connectivity index (χ2v) is 9.60. The van der Waals surface area contributed by atoms with Crippen molar-refractivity contribution < 1.29 is 19.1 Å². The number of fused-ring (bicyclic) bond motifs is 1. The summed E-state index contributed by atoms with van der Waals surface area (Å²) >= 11 is 5.78. The molecule has 1 aliphatic rings. The molecule has 8 nitrogen and oxygen atoms in total. The van der Waals surface area contributed by atoms with Crippen molar-refractivity contribution in [1.29, 1.82) is 0 Å². The molecule has 2 unspecified atom stereocenters. The first kappa shape index (κ1) is 24.0. The number of aryl methyl sites for hydroxylation is 1. The van der Waals surface area contributed by atoms with Crippen LogP contribution >= 0.6 is 12.2 Å². The lowest BCUT2D eigenvalue weighted by Crippen LogP contribution is -2.54. The van der Waals surface area contributed by atoms with Gasteiger partial charge in [-0.05, 0) is 58.6 Å². The average Bonchev–Trinajstić information content (AvgIpc) is 3.10. The third-order valence-electron chi connectivity index (χ3n) is 5.61. The summed E-state index contributed by atoms with van der Waals surface area (Å²) in [5.41, 5.74) is 1.45. The van der Waals surface area contributed by atoms with Gasteiger partial charge in [0, 0.05) is 19.4 Å². The Morgan fingerprint density at radius 1 is 1.28 bits per heavy atom. The van der Waals surface area contributed by atoms with E-state index in [1.807, 2.05) is 35.9 Å². The summed E-state index contributed by atoms with van der Waals surface area (Å²) in [5, 5.41) is 5.60. The van der Waals surface area contributed by atoms with Crippen molar-refractivity contribution in [3.8, 4) is 0 Å². The zero-order chi connectivity index (χ0) is 23.5. The van der Waals surface area contributed by atoms with Gasteiger partial charge in [-0.15, -0.1) is 0 Å². The molecular weight excluding hydrogens is 428 g/mol. The largest absolute Gasteiger partial charge is 0.460 e. The van der Waals surface area contributed by atoms with Crippen molar-refractivity contribution in [2.45, 2.75) is 70.5 Å². The van der Waals surface area contributed by atoms with Crippen LogP contribution in [0.15, 0.2) is 24.5 Å². The van der Waals surface area contributed by atoms with Gasteiger partial charge in [-0.1, -0.05) is 24.7 Å². The fourth-order valence-electron chi connectivity index (χ4n) is 4.29. The lowest BCUT2D eigenvalue weighted by molar-refractivity contribution is -0.152. The Hall–Kier alpha value is -2.68. The Morgan fingerprint density at radius 2 is 2.03 bits per heavy atom. The smallest absolute Gasteiger partial charge is 0.408 e. The standard InChI is InChI=1S/C23H32N4O4S/c1-15-13-27-14-16(9-10-18(27)26-15)23(20(32)24-5)11-7-6-8-17(23)30-19(28)12-25-21(29)31-22(2,3)4/h9-10,13-14,17H,6-8,11-12H2,1-5H3,(H,24,32)(H,25,29). The van der Waals surface area contributed by atoms with Gasteiger partial charge in [-0.25, -0.2) is 9.78 Å². The van der Waals surface area contributed by atoms with E-state index < -0.39 is 29.2 Å². The van der Waals surface area contributed by atoms with E-state index in [2.05, 4.69) is 15.6 Å². The predicted molar refractivity (Wildman–Crippen MR) is 126 cm³/mol. The minimum Gasteiger partial charge on any atom is -0.460 e. The van der Waals surface area contributed by atoms with Crippen LogP contribution in [-0.2, 0) is 19.7 Å². The second kappa shape index (κ2) is 9.44. The van der Waals surface area contributed by atoms with Crippen LogP contribution in [0.25, 0.3) is 5.65 Å². The molecule has 32 heavy (non-hydrogen) atoms. The zero-order valence-electron chi connectivity index (χ0n) is 19.4. The molecule has 2 aromatic rings. The number of alkyl carbamates (subject to hydrolysis) is 1. The fourth-order valence-corrected chi connectivity index (χ4v) is 4.64. The number of rotatable bonds is 5. The van der Waals surface area contributed by atoms with Gasteiger partial charge < -0.3 is 24.5 Å². The van der Waals surface area contributed by atoms with E-state index in [1.54, 1.807) is 27.8 Å². The number of aromatic nitrogens is 2. The first-order valence-electron chi connectivity index (χ1n) is 10.9. The highest BCUT2D eigenvalue weighted by Gasteiger charge is 2.48. The second-order valence-electron chi connectivity index (χ2n) is 9.20. The van der Waals surface area contributed by atoms with Crippen molar-refractivity contribution in [2.75, 3.05) is 13.6 Å². The number of nitrogens with one attached hydrogen (secondary N) is 2. The van der Waals surface area contributed by atoms with E-state index in [9.17, 15) is 9.59 Å². The van der Waals surface area contributed by atoms with E-state index in [4.69, 9.17) is 21.7 Å². The van der Waals surface area contributed by atoms with Crippen LogP contribution in [0.3, 0.4) is 0 Å². The highest BCUT2D eigenvalue weighted by Crippen LogP contribution is 2.42. The molecule has 1 saturated carbocycles. The number of carbonyl (C=O) groups excluding carboxylic acids is 2. The van der Waals surface area contributed by atoms with Gasteiger partial charge in [0.15, 0.2) is 0 Å². The predicted octanol–water partition coefficient (Wildman–Crippen LogP) is 3.44. The Labute approximate surface area is 194 Å². The summed E-state index contributed by atoms with van der Waals surface area (Å²) < 4.78 is 13.1. The van der Waals surface area contributed by atoms with Gasteiger partial charge in [0.25, 0.3) is 0 Å². The molecule has 2 N–H and O–H groups in total. The molecule has 9 heteroatoms. The zero-order valence-corrected chi connectivity index (χ0v) is 20.2. The molecule has 0 radical (unpaired) electrons. The van der Waals surface area contributed by atoms with Gasteiger partial charge in [0.2, 0.25) is 0 Å². The topological polar surface area (TPSA) is 94.0 Å². The van der Waals surface area contributed by atoms with Crippen LogP contribution in [0.5, 0.6) is 0 Å². The number of thiocarbonyl (C=S) groups is 1. The number of likely N-dealkylation sites (N-methyl/N-ethyl adjacent to an activating group) is 1. The normalized spacial score (nSPS) is 21.1. The molecule has 0 aromatic carbocycles. The van der Waals surface area contributed by atoms with Crippen LogP contribution in [0, 0.1) is 6.92 Å². The van der Waals surface area contributed by atoms with Gasteiger partial charge in [0.1, 0.15) is 23.9 Å². The molecule has 0 saturated heterocycles. The van der Waals surface area contributed by atoms with Crippen LogP contribution in [-0.4, -0.2) is 51.7 Å². The first-order chi connectivity index (χ1) is 15.0. The number of pyridine rings is 1. The quantitative estimate of drug-likeness (QED) is 0.521. The van der Waals surface area contributed by atoms with Crippen LogP contribution in [0.1, 0.15) is 57.7 Å². The Morgan fingerprint density at radius 3 is 2.72 bits per heavy atom. The third kappa shape index (κ3) is 5.20. The number of hydrogen-bond donors (Lipinski definition) is 2. The highest BCUT2D eigenvalue weighted by atomic mass is 32.1. The molecule has 2 aromatic heterocycles. The average molecular weight is 461 g/mol. The van der Waals surface area contributed by atoms with Gasteiger partial charge in [0.05, 0.1) is 16.1 Å². The Kier molecular flexibility index (Phi) is 7.07. The molecule has 1 aliphatic carbocycles. The van der Waals surface area contributed by atoms with Crippen LogP contribution in [0.2, 0.25) is 0 Å². The lowest BCUT2D eigenvalue weighted by atomic mass is 9.67. The number of ether oxygens (including phenoxy) is 2. The van der Waals surface area contributed by atoms with Crippen molar-refractivity contribution >= 4 is 34.9 Å². The molecule has 0 bridgehead atoms. The van der Waals surface area contributed by atoms with Gasteiger partial charge in [-0.2, -0.15) is 0 Å². The summed E-state index contributed by atoms with van der Waals surface area (Å²) in [6.45, 7) is 6.97. The van der Waals surface area contributed by atoms with E-state index in [-0.39, 0.29) is 6.54 Å². The SMILES string of the molecule is CNC(=S)C1(c2ccc3nc(C)cn3c2)CCCCC1OC(=O)CNC(=O)OC(C)(C)C. The van der Waals surface area contributed by atoms with Crippen molar-refractivity contribution in [3.05, 3.63) is 35.8 Å². The summed E-state index contributed by atoms with van der Waals surface area (Å²) in [6.07, 6.45) is 6.20. The van der Waals surface area contributed by atoms with E-state index in [1.165, 1.54) is 0 Å². The number of esters is 1. The van der Waals surface area contributed by atoms with E-state index >= 15 is 0 Å². The first-order valence-corrected chi connectivity index (χ1v) is 11.3. The van der Waals surface area contributed by atoms with Gasteiger partial charge in [-0.3, -0.25) is 4.79 Å². The summed E-state index contributed by atoms with van der Waals surface area (Å²) in [5.74, 6) is -0.523. The van der Waals surface area contributed by atoms with Crippen molar-refractivity contribution in [2.24, 2.45) is 0 Å². The Balaban J connectivity index is 1.84. The molecule has 1 amide bonds. The molecule has 1 fully saturated rings. The maximum absolute atomic E-state index is 12.7. The highest BCUT2D eigenvalue weighted by molar-refractivity contribution is 7.80. The number of hydrogen-bond acceptors (Lipinski definition) is 6. The summed E-state index contributed by atoms with van der Waals surface area (Å²) in [6, 6.07) is 3.97. The van der Waals surface area contributed by atoms with Crippen molar-refractivity contribution in [3.63, 3.8) is 0 Å².